The predicted molar refractivity (Wildman–Crippen MR) is 101 cm³/mol. The first-order valence-electron chi connectivity index (χ1n) is 7.85. The van der Waals surface area contributed by atoms with Gasteiger partial charge in [-0.15, -0.1) is 0 Å². The molecule has 11 heteroatoms. The minimum atomic E-state index is -4.22. The van der Waals surface area contributed by atoms with Crippen molar-refractivity contribution in [1.82, 2.24) is 9.55 Å². The van der Waals surface area contributed by atoms with E-state index in [0.717, 1.165) is 7.11 Å². The normalized spacial score (nSPS) is 28.0. The molecular formula is C14H23IN3O6P. The summed E-state index contributed by atoms with van der Waals surface area (Å²) in [5.41, 5.74) is 4.94. The van der Waals surface area contributed by atoms with Crippen LogP contribution in [0.1, 0.15) is 38.5 Å². The van der Waals surface area contributed by atoms with Crippen molar-refractivity contribution >= 4 is 36.2 Å². The first-order valence-corrected chi connectivity index (χ1v) is 10.6. The Labute approximate surface area is 159 Å². The molecule has 1 aromatic rings. The van der Waals surface area contributed by atoms with Crippen molar-refractivity contribution in [3.63, 3.8) is 0 Å². The molecule has 0 saturated carbocycles. The number of nitrogens with zero attached hydrogens (tertiary/aromatic N) is 2. The second kappa shape index (κ2) is 7.61. The van der Waals surface area contributed by atoms with Crippen molar-refractivity contribution in [2.45, 2.75) is 55.5 Å². The summed E-state index contributed by atoms with van der Waals surface area (Å²) in [5, 5.41) is 0. The molecule has 0 spiro atoms. The summed E-state index contributed by atoms with van der Waals surface area (Å²) in [6.45, 7) is 5.54. The lowest BCUT2D eigenvalue weighted by atomic mass is 9.91. The number of hydrogen-bond acceptors (Lipinski definition) is 7. The minimum absolute atomic E-state index is 0.161. The summed E-state index contributed by atoms with van der Waals surface area (Å²) in [6.07, 6.45) is 1.19. The number of halogens is 1. The highest BCUT2D eigenvalue weighted by Crippen LogP contribution is 2.54. The molecule has 9 nitrogen and oxygen atoms in total. The average molecular weight is 487 g/mol. The molecule has 1 saturated heterocycles. The van der Waals surface area contributed by atoms with Crippen molar-refractivity contribution in [1.29, 1.82) is 0 Å². The van der Waals surface area contributed by atoms with E-state index in [1.165, 1.54) is 4.57 Å². The molecule has 1 fully saturated rings. The molecule has 142 valence electrons. The molecular weight excluding hydrogens is 464 g/mol. The molecule has 2 unspecified atom stereocenters. The third-order valence-electron chi connectivity index (χ3n) is 4.56. The fourth-order valence-electron chi connectivity index (χ4n) is 2.94. The molecule has 4 atom stereocenters. The van der Waals surface area contributed by atoms with Crippen molar-refractivity contribution in [3.8, 4) is 0 Å². The van der Waals surface area contributed by atoms with Gasteiger partial charge in [-0.1, -0.05) is 36.4 Å². The smallest absolute Gasteiger partial charge is 0.383 e. The first kappa shape index (κ1) is 20.8. The molecule has 0 amide bonds. The van der Waals surface area contributed by atoms with Gasteiger partial charge < -0.3 is 15.4 Å². The number of alkyl halides is 1. The topological polar surface area (TPSA) is 126 Å². The molecule has 0 aliphatic carbocycles. The summed E-state index contributed by atoms with van der Waals surface area (Å²) in [4.78, 5) is 25.9. The minimum Gasteiger partial charge on any atom is -0.383 e. The van der Waals surface area contributed by atoms with Crippen LogP contribution in [0.15, 0.2) is 11.0 Å². The van der Waals surface area contributed by atoms with Crippen LogP contribution in [0.25, 0.3) is 0 Å². The summed E-state index contributed by atoms with van der Waals surface area (Å²) < 4.78 is 29.0. The van der Waals surface area contributed by atoms with Gasteiger partial charge in [-0.2, -0.15) is 4.98 Å². The van der Waals surface area contributed by atoms with Gasteiger partial charge in [-0.05, 0) is 19.8 Å². The maximum atomic E-state index is 12.3. The predicted octanol–water partition coefficient (Wildman–Crippen LogP) is 2.16. The molecule has 2 heterocycles. The standard InChI is InChI=1S/C14H23IN3O6P/c1-5-14(6-2)10(24-25(20,21)22-4)9(15)12(23-14)18-7-8(3)11(16)17-13(18)19/h7,9-10,12H,5-6H2,1-4H3,(H,20,21)(H2,16,17,19)/t9-,10?,12+/m0/s1. The number of phosphoric ester groups is 1. The monoisotopic (exact) mass is 487 g/mol. The van der Waals surface area contributed by atoms with Gasteiger partial charge in [0.15, 0.2) is 6.23 Å². The third-order valence-corrected chi connectivity index (χ3v) is 6.78. The average Bonchev–Trinajstić information content (AvgIpc) is 2.84. The lowest BCUT2D eigenvalue weighted by Gasteiger charge is -2.33. The number of rotatable bonds is 6. The van der Waals surface area contributed by atoms with E-state index >= 15 is 0 Å². The lowest BCUT2D eigenvalue weighted by molar-refractivity contribution is -0.106. The van der Waals surface area contributed by atoms with Gasteiger partial charge in [-0.25, -0.2) is 9.36 Å². The van der Waals surface area contributed by atoms with Gasteiger partial charge in [0.1, 0.15) is 11.9 Å². The van der Waals surface area contributed by atoms with Crippen LogP contribution in [0.4, 0.5) is 5.82 Å². The summed E-state index contributed by atoms with van der Waals surface area (Å²) in [5.74, 6) is 0.161. The third kappa shape index (κ3) is 3.93. The van der Waals surface area contributed by atoms with E-state index in [9.17, 15) is 14.3 Å². The van der Waals surface area contributed by atoms with E-state index in [1.807, 2.05) is 13.8 Å². The molecule has 1 aromatic heterocycles. The van der Waals surface area contributed by atoms with Crippen LogP contribution in [-0.4, -0.2) is 37.2 Å². The highest BCUT2D eigenvalue weighted by atomic mass is 127. The van der Waals surface area contributed by atoms with Crippen LogP contribution in [-0.2, 0) is 18.3 Å². The Hall–Kier alpha value is -0.520. The zero-order valence-corrected chi connectivity index (χ0v) is 17.6. The van der Waals surface area contributed by atoms with Crippen LogP contribution >= 0.6 is 30.4 Å². The van der Waals surface area contributed by atoms with Crippen LogP contribution < -0.4 is 11.4 Å². The largest absolute Gasteiger partial charge is 0.472 e. The highest BCUT2D eigenvalue weighted by molar-refractivity contribution is 14.1. The van der Waals surface area contributed by atoms with E-state index in [2.05, 4.69) is 32.1 Å². The first-order chi connectivity index (χ1) is 11.6. The SMILES string of the molecule is CCC1(CC)O[C@@H](n2cc(C)c(N)nc2=O)[C@@H](I)C1OP(=O)(O)OC. The van der Waals surface area contributed by atoms with Crippen LogP contribution in [0, 0.1) is 6.92 Å². The maximum absolute atomic E-state index is 12.3. The molecule has 0 bridgehead atoms. The molecule has 1 aliphatic rings. The number of aromatic nitrogens is 2. The van der Waals surface area contributed by atoms with Crippen LogP contribution in [0.5, 0.6) is 0 Å². The number of nitrogens with two attached hydrogens (primary N) is 1. The Bertz CT molecular complexity index is 738. The van der Waals surface area contributed by atoms with Crippen molar-refractivity contribution < 1.29 is 23.2 Å². The number of ether oxygens (including phenoxy) is 1. The quantitative estimate of drug-likeness (QED) is 0.355. The highest BCUT2D eigenvalue weighted by Gasteiger charge is 2.56. The Morgan fingerprint density at radius 3 is 2.64 bits per heavy atom. The number of nitrogen functional groups attached to an aromatic ring is 1. The van der Waals surface area contributed by atoms with Crippen LogP contribution in [0.2, 0.25) is 0 Å². The molecule has 0 aromatic carbocycles. The Kier molecular flexibility index (Phi) is 6.33. The van der Waals surface area contributed by atoms with Crippen molar-refractivity contribution in [2.75, 3.05) is 12.8 Å². The van der Waals surface area contributed by atoms with Crippen LogP contribution in [0.3, 0.4) is 0 Å². The molecule has 1 aliphatic heterocycles. The number of hydrogen-bond donors (Lipinski definition) is 2. The zero-order valence-electron chi connectivity index (χ0n) is 14.5. The van der Waals surface area contributed by atoms with Gasteiger partial charge in [0, 0.05) is 18.9 Å². The fraction of sp³-hybridized carbons (Fsp3) is 0.714. The Morgan fingerprint density at radius 2 is 2.12 bits per heavy atom. The molecule has 3 N–H and O–H groups in total. The van der Waals surface area contributed by atoms with Gasteiger partial charge in [0.2, 0.25) is 0 Å². The van der Waals surface area contributed by atoms with Gasteiger partial charge in [-0.3, -0.25) is 13.6 Å². The van der Waals surface area contributed by atoms with E-state index < -0.39 is 35.4 Å². The van der Waals surface area contributed by atoms with E-state index in [0.29, 0.717) is 18.4 Å². The summed E-state index contributed by atoms with van der Waals surface area (Å²) >= 11 is 2.07. The van der Waals surface area contributed by atoms with Crippen molar-refractivity contribution in [3.05, 3.63) is 22.2 Å². The van der Waals surface area contributed by atoms with E-state index in [4.69, 9.17) is 15.0 Å². The second-order valence-electron chi connectivity index (χ2n) is 5.90. The van der Waals surface area contributed by atoms with Gasteiger partial charge in [0.05, 0.1) is 9.53 Å². The lowest BCUT2D eigenvalue weighted by Crippen LogP contribution is -2.42. The van der Waals surface area contributed by atoms with Gasteiger partial charge >= 0.3 is 13.5 Å². The van der Waals surface area contributed by atoms with Gasteiger partial charge in [0.25, 0.3) is 0 Å². The number of anilines is 1. The van der Waals surface area contributed by atoms with E-state index in [1.54, 1.807) is 13.1 Å². The van der Waals surface area contributed by atoms with Crippen molar-refractivity contribution in [2.24, 2.45) is 0 Å². The Balaban J connectivity index is 2.48. The summed E-state index contributed by atoms with van der Waals surface area (Å²) in [6, 6.07) is 0. The zero-order chi connectivity index (χ0) is 19.0. The fourth-order valence-corrected chi connectivity index (χ4v) is 5.17. The molecule has 25 heavy (non-hydrogen) atoms. The molecule has 0 radical (unpaired) electrons. The number of phosphoric acid groups is 1. The maximum Gasteiger partial charge on any atom is 0.472 e. The van der Waals surface area contributed by atoms with E-state index in [-0.39, 0.29) is 5.82 Å². The number of aryl methyl sites for hydroxylation is 1. The second-order valence-corrected chi connectivity index (χ2v) is 8.85. The molecule has 2 rings (SSSR count). The Morgan fingerprint density at radius 1 is 1.52 bits per heavy atom. The summed E-state index contributed by atoms with van der Waals surface area (Å²) in [7, 11) is -3.12.